The normalized spacial score (nSPS) is 17.4. The third-order valence-electron chi connectivity index (χ3n) is 5.88. The first-order chi connectivity index (χ1) is 16.4. The van der Waals surface area contributed by atoms with Gasteiger partial charge >= 0.3 is 11.9 Å². The predicted octanol–water partition coefficient (Wildman–Crippen LogP) is 3.96. The first-order valence-electron chi connectivity index (χ1n) is 11.7. The molecule has 1 fully saturated rings. The van der Waals surface area contributed by atoms with Gasteiger partial charge in [-0.15, -0.1) is 10.2 Å². The van der Waals surface area contributed by atoms with Gasteiger partial charge in [-0.3, -0.25) is 9.59 Å². The molecule has 2 aromatic rings. The van der Waals surface area contributed by atoms with Gasteiger partial charge in [-0.2, -0.15) is 14.0 Å². The SMILES string of the molecule is CCC(=O)O[C@H](/C=C/[C@H]1CCC(=O)N1CCCCCCc1nn[nH]n1)C(F)(F)c1ccccc1. The van der Waals surface area contributed by atoms with E-state index in [4.69, 9.17) is 4.74 Å². The van der Waals surface area contributed by atoms with Gasteiger partial charge in [0.25, 0.3) is 0 Å². The van der Waals surface area contributed by atoms with Crippen LogP contribution in [0.25, 0.3) is 0 Å². The molecule has 2 heterocycles. The average molecular weight is 476 g/mol. The Kier molecular flexibility index (Phi) is 9.24. The number of aryl methyl sites for hydroxylation is 1. The number of hydrogen-bond acceptors (Lipinski definition) is 6. The Morgan fingerprint density at radius 2 is 2.03 bits per heavy atom. The van der Waals surface area contributed by atoms with Crippen LogP contribution in [0.3, 0.4) is 0 Å². The summed E-state index contributed by atoms with van der Waals surface area (Å²) >= 11 is 0. The van der Waals surface area contributed by atoms with Crippen molar-refractivity contribution in [3.05, 3.63) is 53.9 Å². The van der Waals surface area contributed by atoms with E-state index in [-0.39, 0.29) is 23.9 Å². The Hall–Kier alpha value is -3.17. The summed E-state index contributed by atoms with van der Waals surface area (Å²) in [5.41, 5.74) is -0.228. The molecule has 184 valence electrons. The summed E-state index contributed by atoms with van der Waals surface area (Å²) < 4.78 is 35.4. The minimum absolute atomic E-state index is 0.00400. The first-order valence-corrected chi connectivity index (χ1v) is 11.7. The standard InChI is InChI=1S/C24H31F2N5O3/c1-2-23(33)34-20(24(25,26)18-10-6-5-7-11-18)15-13-19-14-16-22(32)31(19)17-9-4-3-8-12-21-27-29-30-28-21/h5-7,10-11,13,15,19-20H,2-4,8-9,12,14,16-17H2,1H3,(H,27,28,29,30)/b15-13+/t19-,20+/m0/s1. The highest BCUT2D eigenvalue weighted by Crippen LogP contribution is 2.35. The Morgan fingerprint density at radius 1 is 1.26 bits per heavy atom. The highest BCUT2D eigenvalue weighted by molar-refractivity contribution is 5.79. The molecule has 0 unspecified atom stereocenters. The summed E-state index contributed by atoms with van der Waals surface area (Å²) in [6, 6.07) is 7.02. The van der Waals surface area contributed by atoms with E-state index in [9.17, 15) is 9.59 Å². The van der Waals surface area contributed by atoms with Crippen LogP contribution >= 0.6 is 0 Å². The number of rotatable bonds is 13. The van der Waals surface area contributed by atoms with Gasteiger partial charge in [0, 0.05) is 31.4 Å². The third-order valence-corrected chi connectivity index (χ3v) is 5.88. The number of alkyl halides is 2. The molecule has 0 saturated carbocycles. The van der Waals surface area contributed by atoms with Gasteiger partial charge in [-0.05, 0) is 25.3 Å². The highest BCUT2D eigenvalue weighted by atomic mass is 19.3. The zero-order valence-corrected chi connectivity index (χ0v) is 19.3. The lowest BCUT2D eigenvalue weighted by Crippen LogP contribution is -2.36. The van der Waals surface area contributed by atoms with E-state index >= 15 is 8.78 Å². The topological polar surface area (TPSA) is 101 Å². The largest absolute Gasteiger partial charge is 0.451 e. The van der Waals surface area contributed by atoms with Crippen molar-refractivity contribution in [2.45, 2.75) is 76.4 Å². The van der Waals surface area contributed by atoms with Gasteiger partial charge in [0.1, 0.15) is 0 Å². The highest BCUT2D eigenvalue weighted by Gasteiger charge is 2.43. The first kappa shape index (κ1) is 25.5. The molecule has 1 amide bonds. The van der Waals surface area contributed by atoms with Crippen LogP contribution in [0.1, 0.15) is 63.3 Å². The molecular formula is C24H31F2N5O3. The number of benzene rings is 1. The average Bonchev–Trinajstić information content (AvgIpc) is 3.49. The van der Waals surface area contributed by atoms with Crippen molar-refractivity contribution in [1.82, 2.24) is 25.5 Å². The van der Waals surface area contributed by atoms with Crippen molar-refractivity contribution in [1.29, 1.82) is 0 Å². The monoisotopic (exact) mass is 475 g/mol. The van der Waals surface area contributed by atoms with E-state index in [0.29, 0.717) is 25.2 Å². The Morgan fingerprint density at radius 3 is 2.74 bits per heavy atom. The van der Waals surface area contributed by atoms with Crippen molar-refractivity contribution < 1.29 is 23.1 Å². The van der Waals surface area contributed by atoms with Gasteiger partial charge in [0.05, 0.1) is 6.04 Å². The van der Waals surface area contributed by atoms with E-state index in [2.05, 4.69) is 20.6 Å². The van der Waals surface area contributed by atoms with Crippen molar-refractivity contribution in [2.24, 2.45) is 0 Å². The molecule has 2 atom stereocenters. The fourth-order valence-electron chi connectivity index (χ4n) is 3.97. The number of nitrogens with one attached hydrogen (secondary N) is 1. The van der Waals surface area contributed by atoms with E-state index in [1.54, 1.807) is 24.0 Å². The fraction of sp³-hybridized carbons (Fsp3) is 0.542. The lowest BCUT2D eigenvalue weighted by molar-refractivity contribution is -0.167. The number of nitrogens with zero attached hydrogens (tertiary/aromatic N) is 4. The maximum atomic E-state index is 15.2. The van der Waals surface area contributed by atoms with Crippen molar-refractivity contribution in [3.63, 3.8) is 0 Å². The molecule has 1 aromatic carbocycles. The predicted molar refractivity (Wildman–Crippen MR) is 121 cm³/mol. The van der Waals surface area contributed by atoms with E-state index in [1.165, 1.54) is 30.3 Å². The maximum absolute atomic E-state index is 15.2. The van der Waals surface area contributed by atoms with Crippen LogP contribution in [-0.2, 0) is 26.7 Å². The van der Waals surface area contributed by atoms with Crippen LogP contribution in [0.2, 0.25) is 0 Å². The number of aromatic nitrogens is 4. The van der Waals surface area contributed by atoms with Crippen LogP contribution in [-0.4, -0.2) is 56.1 Å². The summed E-state index contributed by atoms with van der Waals surface area (Å²) in [4.78, 5) is 26.0. The second kappa shape index (κ2) is 12.3. The minimum atomic E-state index is -3.39. The van der Waals surface area contributed by atoms with Crippen LogP contribution in [0.4, 0.5) is 8.78 Å². The quantitative estimate of drug-likeness (QED) is 0.267. The lowest BCUT2D eigenvalue weighted by atomic mass is 10.0. The molecule has 0 aliphatic carbocycles. The number of tetrazole rings is 1. The summed E-state index contributed by atoms with van der Waals surface area (Å²) in [5, 5.41) is 13.8. The van der Waals surface area contributed by atoms with E-state index < -0.39 is 18.0 Å². The van der Waals surface area contributed by atoms with Crippen LogP contribution < -0.4 is 0 Å². The molecule has 1 aliphatic rings. The number of H-pyrrole nitrogens is 1. The summed E-state index contributed by atoms with van der Waals surface area (Å²) in [5.74, 6) is -3.40. The Labute approximate surface area is 197 Å². The number of halogens is 2. The molecule has 1 aromatic heterocycles. The van der Waals surface area contributed by atoms with Gasteiger partial charge in [-0.25, -0.2) is 0 Å². The minimum Gasteiger partial charge on any atom is -0.451 e. The summed E-state index contributed by atoms with van der Waals surface area (Å²) in [6.07, 6.45) is 6.40. The molecule has 34 heavy (non-hydrogen) atoms. The number of aromatic amines is 1. The van der Waals surface area contributed by atoms with E-state index in [1.807, 2.05) is 0 Å². The third kappa shape index (κ3) is 6.91. The van der Waals surface area contributed by atoms with Gasteiger partial charge in [0.2, 0.25) is 5.91 Å². The fourth-order valence-corrected chi connectivity index (χ4v) is 3.97. The smallest absolute Gasteiger partial charge is 0.312 e. The van der Waals surface area contributed by atoms with Gasteiger partial charge < -0.3 is 9.64 Å². The number of unbranched alkanes of at least 4 members (excludes halogenated alkanes) is 3. The number of ether oxygens (including phenoxy) is 1. The second-order valence-corrected chi connectivity index (χ2v) is 8.32. The van der Waals surface area contributed by atoms with Gasteiger partial charge in [-0.1, -0.05) is 61.4 Å². The zero-order chi connectivity index (χ0) is 24.4. The number of amides is 1. The van der Waals surface area contributed by atoms with E-state index in [0.717, 1.165) is 32.1 Å². The molecule has 8 nitrogen and oxygen atoms in total. The van der Waals surface area contributed by atoms with Crippen molar-refractivity contribution in [3.8, 4) is 0 Å². The molecule has 0 radical (unpaired) electrons. The maximum Gasteiger partial charge on any atom is 0.312 e. The lowest BCUT2D eigenvalue weighted by Gasteiger charge is -2.26. The Bertz CT molecular complexity index is 937. The molecule has 0 spiro atoms. The zero-order valence-electron chi connectivity index (χ0n) is 19.3. The summed E-state index contributed by atoms with van der Waals surface area (Å²) in [7, 11) is 0. The number of carbonyl (C=O) groups is 2. The molecule has 0 bridgehead atoms. The molecule has 10 heteroatoms. The molecule has 1 saturated heterocycles. The second-order valence-electron chi connectivity index (χ2n) is 8.32. The molecular weight excluding hydrogens is 444 g/mol. The van der Waals surface area contributed by atoms with Crippen LogP contribution in [0.15, 0.2) is 42.5 Å². The molecule has 1 N–H and O–H groups in total. The number of likely N-dealkylation sites (tertiary alicyclic amines) is 1. The number of hydrogen-bond donors (Lipinski definition) is 1. The van der Waals surface area contributed by atoms with Crippen LogP contribution in [0.5, 0.6) is 0 Å². The van der Waals surface area contributed by atoms with Crippen molar-refractivity contribution in [2.75, 3.05) is 6.54 Å². The Balaban J connectivity index is 1.57. The molecule has 1 aliphatic heterocycles. The molecule has 3 rings (SSSR count). The van der Waals surface area contributed by atoms with Crippen molar-refractivity contribution >= 4 is 11.9 Å². The van der Waals surface area contributed by atoms with Crippen LogP contribution in [0, 0.1) is 0 Å². The number of carbonyl (C=O) groups excluding carboxylic acids is 2. The van der Waals surface area contributed by atoms with Gasteiger partial charge in [0.15, 0.2) is 11.9 Å². The number of esters is 1. The summed E-state index contributed by atoms with van der Waals surface area (Å²) in [6.45, 7) is 2.12.